The van der Waals surface area contributed by atoms with Crippen molar-refractivity contribution in [2.24, 2.45) is 0 Å². The van der Waals surface area contributed by atoms with Gasteiger partial charge in [0.05, 0.1) is 24.7 Å². The van der Waals surface area contributed by atoms with Gasteiger partial charge in [-0.1, -0.05) is 25.2 Å². The first-order chi connectivity index (χ1) is 10.5. The van der Waals surface area contributed by atoms with E-state index in [1.807, 2.05) is 6.92 Å². The molecule has 0 spiro atoms. The number of benzene rings is 1. The van der Waals surface area contributed by atoms with E-state index in [0.29, 0.717) is 29.9 Å². The number of methoxy groups -OCH3 is 1. The van der Waals surface area contributed by atoms with Crippen LogP contribution in [-0.2, 0) is 9.53 Å². The van der Waals surface area contributed by atoms with Crippen LogP contribution in [0.5, 0.6) is 5.75 Å². The molecule has 0 bridgehead atoms. The molecular formula is C16H19NO5. The van der Waals surface area contributed by atoms with E-state index in [1.54, 1.807) is 31.2 Å². The van der Waals surface area contributed by atoms with Crippen molar-refractivity contribution in [3.05, 3.63) is 51.6 Å². The van der Waals surface area contributed by atoms with Crippen molar-refractivity contribution in [2.75, 3.05) is 13.7 Å². The second-order valence-corrected chi connectivity index (χ2v) is 4.35. The van der Waals surface area contributed by atoms with E-state index in [2.05, 4.69) is 0 Å². The molecule has 1 aromatic carbocycles. The van der Waals surface area contributed by atoms with Gasteiger partial charge in [0.1, 0.15) is 5.75 Å². The molecule has 0 unspecified atom stereocenters. The first-order valence-corrected chi connectivity index (χ1v) is 6.89. The minimum absolute atomic E-state index is 0.0518. The molecule has 1 aromatic rings. The van der Waals surface area contributed by atoms with E-state index in [9.17, 15) is 14.9 Å². The van der Waals surface area contributed by atoms with Crippen LogP contribution >= 0.6 is 0 Å². The van der Waals surface area contributed by atoms with Gasteiger partial charge in [0.2, 0.25) is 0 Å². The van der Waals surface area contributed by atoms with E-state index >= 15 is 0 Å². The SMILES string of the molecule is CCOC(=O)/C(=C/C=C/c1cc(OC)cc([N+](=O)[O-])c1)CC. The van der Waals surface area contributed by atoms with Gasteiger partial charge in [-0.15, -0.1) is 0 Å². The van der Waals surface area contributed by atoms with Gasteiger partial charge in [0.25, 0.3) is 5.69 Å². The molecule has 0 aliphatic rings. The second-order valence-electron chi connectivity index (χ2n) is 4.35. The highest BCUT2D eigenvalue weighted by Crippen LogP contribution is 2.23. The average Bonchev–Trinajstić information content (AvgIpc) is 2.51. The van der Waals surface area contributed by atoms with Gasteiger partial charge in [-0.3, -0.25) is 10.1 Å². The van der Waals surface area contributed by atoms with Crippen LogP contribution in [0.3, 0.4) is 0 Å². The monoisotopic (exact) mass is 305 g/mol. The Balaban J connectivity index is 2.99. The maximum absolute atomic E-state index is 11.6. The highest BCUT2D eigenvalue weighted by atomic mass is 16.6. The summed E-state index contributed by atoms with van der Waals surface area (Å²) in [6.07, 6.45) is 5.52. The normalized spacial score (nSPS) is 11.5. The van der Waals surface area contributed by atoms with Gasteiger partial charge in [0, 0.05) is 11.6 Å². The molecule has 0 atom stereocenters. The van der Waals surface area contributed by atoms with Crippen LogP contribution < -0.4 is 4.74 Å². The molecule has 0 aliphatic heterocycles. The Hall–Kier alpha value is -2.63. The Morgan fingerprint density at radius 3 is 2.59 bits per heavy atom. The maximum atomic E-state index is 11.6. The molecule has 22 heavy (non-hydrogen) atoms. The van der Waals surface area contributed by atoms with Crippen molar-refractivity contribution in [2.45, 2.75) is 20.3 Å². The van der Waals surface area contributed by atoms with Gasteiger partial charge in [0.15, 0.2) is 0 Å². The lowest BCUT2D eigenvalue weighted by Crippen LogP contribution is -2.06. The van der Waals surface area contributed by atoms with E-state index in [0.717, 1.165) is 0 Å². The summed E-state index contributed by atoms with van der Waals surface area (Å²) in [5, 5.41) is 10.9. The number of nitrogens with zero attached hydrogens (tertiary/aromatic N) is 1. The van der Waals surface area contributed by atoms with Crippen molar-refractivity contribution in [1.29, 1.82) is 0 Å². The molecule has 0 aromatic heterocycles. The molecule has 0 heterocycles. The third-order valence-electron chi connectivity index (χ3n) is 2.86. The van der Waals surface area contributed by atoms with Crippen LogP contribution in [0, 0.1) is 10.1 Å². The van der Waals surface area contributed by atoms with Crippen LogP contribution in [0.15, 0.2) is 35.9 Å². The smallest absolute Gasteiger partial charge is 0.333 e. The highest BCUT2D eigenvalue weighted by molar-refractivity contribution is 5.88. The summed E-state index contributed by atoms with van der Waals surface area (Å²) >= 11 is 0. The zero-order valence-electron chi connectivity index (χ0n) is 12.9. The number of carbonyl (C=O) groups is 1. The lowest BCUT2D eigenvalue weighted by molar-refractivity contribution is -0.384. The molecule has 0 N–H and O–H groups in total. The fourth-order valence-electron chi connectivity index (χ4n) is 1.75. The van der Waals surface area contributed by atoms with Gasteiger partial charge in [-0.05, 0) is 25.0 Å². The van der Waals surface area contributed by atoms with E-state index in [4.69, 9.17) is 9.47 Å². The predicted molar refractivity (Wildman–Crippen MR) is 83.7 cm³/mol. The fourth-order valence-corrected chi connectivity index (χ4v) is 1.75. The number of rotatable bonds is 7. The number of hydrogen-bond donors (Lipinski definition) is 0. The Labute approximate surface area is 129 Å². The number of non-ortho nitro benzene ring substituents is 1. The second kappa shape index (κ2) is 8.61. The average molecular weight is 305 g/mol. The molecule has 1 rings (SSSR count). The predicted octanol–water partition coefficient (Wildman–Crippen LogP) is 3.52. The molecule has 6 nitrogen and oxygen atoms in total. The number of nitro groups is 1. The summed E-state index contributed by atoms with van der Waals surface area (Å²) in [7, 11) is 1.45. The molecule has 118 valence electrons. The van der Waals surface area contributed by atoms with Gasteiger partial charge >= 0.3 is 5.97 Å². The Kier molecular flexibility index (Phi) is 6.82. The van der Waals surface area contributed by atoms with Crippen molar-refractivity contribution < 1.29 is 19.2 Å². The quantitative estimate of drug-likeness (QED) is 0.253. The van der Waals surface area contributed by atoms with Gasteiger partial charge < -0.3 is 9.47 Å². The Bertz CT molecular complexity index is 605. The summed E-state index contributed by atoms with van der Waals surface area (Å²) in [6.45, 7) is 3.92. The summed E-state index contributed by atoms with van der Waals surface area (Å²) in [4.78, 5) is 22.0. The zero-order valence-corrected chi connectivity index (χ0v) is 12.9. The molecule has 6 heteroatoms. The van der Waals surface area contributed by atoms with Gasteiger partial charge in [-0.25, -0.2) is 4.79 Å². The summed E-state index contributed by atoms with van der Waals surface area (Å²) in [6, 6.07) is 4.46. The first kappa shape index (κ1) is 17.4. The number of allylic oxidation sites excluding steroid dienone is 2. The highest BCUT2D eigenvalue weighted by Gasteiger charge is 2.09. The number of carbonyl (C=O) groups excluding carboxylic acids is 1. The molecule has 0 fully saturated rings. The van der Waals surface area contributed by atoms with Crippen LogP contribution in [-0.4, -0.2) is 24.6 Å². The third kappa shape index (κ3) is 5.05. The van der Waals surface area contributed by atoms with Crippen molar-refractivity contribution in [3.63, 3.8) is 0 Å². The van der Waals surface area contributed by atoms with Crippen LogP contribution in [0.1, 0.15) is 25.8 Å². The summed E-state index contributed by atoms with van der Waals surface area (Å²) in [5.74, 6) is 0.0465. The van der Waals surface area contributed by atoms with Crippen LogP contribution in [0.2, 0.25) is 0 Å². The summed E-state index contributed by atoms with van der Waals surface area (Å²) in [5.41, 5.74) is 1.10. The number of ether oxygens (including phenoxy) is 2. The van der Waals surface area contributed by atoms with Crippen LogP contribution in [0.4, 0.5) is 5.69 Å². The van der Waals surface area contributed by atoms with Gasteiger partial charge in [-0.2, -0.15) is 0 Å². The van der Waals surface area contributed by atoms with Crippen LogP contribution in [0.25, 0.3) is 6.08 Å². The molecule has 0 saturated heterocycles. The topological polar surface area (TPSA) is 78.7 Å². The third-order valence-corrected chi connectivity index (χ3v) is 2.86. The molecule has 0 amide bonds. The molecule has 0 saturated carbocycles. The summed E-state index contributed by atoms with van der Waals surface area (Å²) < 4.78 is 9.97. The fraction of sp³-hybridized carbons (Fsp3) is 0.312. The Morgan fingerprint density at radius 2 is 2.05 bits per heavy atom. The van der Waals surface area contributed by atoms with Crippen molar-refractivity contribution >= 4 is 17.7 Å². The number of nitro benzene ring substituents is 1. The van der Waals surface area contributed by atoms with E-state index in [1.165, 1.54) is 19.2 Å². The number of esters is 1. The van der Waals surface area contributed by atoms with E-state index in [-0.39, 0.29) is 11.7 Å². The lowest BCUT2D eigenvalue weighted by atomic mass is 10.1. The van der Waals surface area contributed by atoms with E-state index < -0.39 is 4.92 Å². The van der Waals surface area contributed by atoms with Crippen molar-refractivity contribution in [3.8, 4) is 5.75 Å². The molecule has 0 radical (unpaired) electrons. The molecule has 0 aliphatic carbocycles. The maximum Gasteiger partial charge on any atom is 0.333 e. The number of hydrogen-bond acceptors (Lipinski definition) is 5. The largest absolute Gasteiger partial charge is 0.496 e. The molecular weight excluding hydrogens is 286 g/mol. The minimum atomic E-state index is -0.480. The van der Waals surface area contributed by atoms with Crippen molar-refractivity contribution in [1.82, 2.24) is 0 Å². The Morgan fingerprint density at radius 1 is 1.32 bits per heavy atom. The minimum Gasteiger partial charge on any atom is -0.496 e. The lowest BCUT2D eigenvalue weighted by Gasteiger charge is -2.03. The first-order valence-electron chi connectivity index (χ1n) is 6.89. The zero-order chi connectivity index (χ0) is 16.5. The standard InChI is InChI=1S/C16H19NO5/c1-4-13(16(18)22-5-2)8-6-7-12-9-14(17(19)20)11-15(10-12)21-3/h6-11H,4-5H2,1-3H3/b7-6+,13-8+.